The standard InChI is InChI=1S/C32H42O3/c1-26(2)20-22-33-24-31(34-23-21-27(3)4)25-35-32(28-14-8-5-9-15-28,29-16-10-6-11-17-29)30-18-12-7-13-19-30/h5-19,26-27,31H,20-25H2,1-4H3/t31-/m1/s1. The Morgan fingerprint density at radius 1 is 0.571 bits per heavy atom. The Hall–Kier alpha value is -2.46. The monoisotopic (exact) mass is 474 g/mol. The van der Waals surface area contributed by atoms with Crippen molar-refractivity contribution in [1.29, 1.82) is 0 Å². The molecule has 0 saturated heterocycles. The summed E-state index contributed by atoms with van der Waals surface area (Å²) in [5.74, 6) is 1.21. The maximum Gasteiger partial charge on any atom is 0.143 e. The highest BCUT2D eigenvalue weighted by molar-refractivity contribution is 5.47. The third-order valence-electron chi connectivity index (χ3n) is 6.22. The zero-order valence-corrected chi connectivity index (χ0v) is 21.9. The number of hydrogen-bond donors (Lipinski definition) is 0. The van der Waals surface area contributed by atoms with Gasteiger partial charge in [0.05, 0.1) is 13.2 Å². The molecule has 3 aromatic carbocycles. The molecule has 0 radical (unpaired) electrons. The first-order chi connectivity index (χ1) is 17.0. The van der Waals surface area contributed by atoms with E-state index in [1.54, 1.807) is 0 Å². The lowest BCUT2D eigenvalue weighted by molar-refractivity contribution is -0.0936. The average molecular weight is 475 g/mol. The van der Waals surface area contributed by atoms with Crippen LogP contribution in [0.3, 0.4) is 0 Å². The van der Waals surface area contributed by atoms with Crippen molar-refractivity contribution in [3.63, 3.8) is 0 Å². The largest absolute Gasteiger partial charge is 0.379 e. The number of rotatable bonds is 15. The van der Waals surface area contributed by atoms with Crippen LogP contribution in [0.5, 0.6) is 0 Å². The van der Waals surface area contributed by atoms with Crippen molar-refractivity contribution in [2.24, 2.45) is 11.8 Å². The number of ether oxygens (including phenoxy) is 3. The summed E-state index contributed by atoms with van der Waals surface area (Å²) >= 11 is 0. The van der Waals surface area contributed by atoms with E-state index in [1.165, 1.54) is 0 Å². The Balaban J connectivity index is 1.91. The molecular formula is C32H42O3. The summed E-state index contributed by atoms with van der Waals surface area (Å²) in [6.45, 7) is 11.3. The van der Waals surface area contributed by atoms with E-state index in [-0.39, 0.29) is 6.10 Å². The van der Waals surface area contributed by atoms with E-state index >= 15 is 0 Å². The SMILES string of the molecule is CC(C)CCOC[C@H](COC(c1ccccc1)(c1ccccc1)c1ccccc1)OCCC(C)C. The summed E-state index contributed by atoms with van der Waals surface area (Å²) < 4.78 is 19.3. The Morgan fingerprint density at radius 3 is 1.43 bits per heavy atom. The second-order valence-electron chi connectivity index (χ2n) is 10.0. The lowest BCUT2D eigenvalue weighted by Crippen LogP contribution is -2.37. The van der Waals surface area contributed by atoms with Crippen LogP contribution in [0.1, 0.15) is 57.2 Å². The van der Waals surface area contributed by atoms with Gasteiger partial charge in [0.25, 0.3) is 0 Å². The molecule has 0 heterocycles. The van der Waals surface area contributed by atoms with E-state index in [1.807, 2.05) is 18.2 Å². The fraction of sp³-hybridized carbons (Fsp3) is 0.438. The van der Waals surface area contributed by atoms with Crippen LogP contribution in [0.2, 0.25) is 0 Å². The van der Waals surface area contributed by atoms with Gasteiger partial charge in [0, 0.05) is 13.2 Å². The Kier molecular flexibility index (Phi) is 11.0. The van der Waals surface area contributed by atoms with Crippen LogP contribution in [-0.2, 0) is 19.8 Å². The summed E-state index contributed by atoms with van der Waals surface area (Å²) in [7, 11) is 0. The minimum absolute atomic E-state index is 0.142. The van der Waals surface area contributed by atoms with Gasteiger partial charge in [-0.3, -0.25) is 0 Å². The first-order valence-corrected chi connectivity index (χ1v) is 13.0. The molecule has 3 aromatic rings. The molecule has 0 unspecified atom stereocenters. The lowest BCUT2D eigenvalue weighted by Gasteiger charge is -2.37. The van der Waals surface area contributed by atoms with Crippen LogP contribution in [0.4, 0.5) is 0 Å². The molecule has 0 bridgehead atoms. The predicted molar refractivity (Wildman–Crippen MR) is 145 cm³/mol. The Labute approximate surface area is 212 Å². The first-order valence-electron chi connectivity index (χ1n) is 13.0. The van der Waals surface area contributed by atoms with Gasteiger partial charge in [-0.2, -0.15) is 0 Å². The molecule has 0 N–H and O–H groups in total. The van der Waals surface area contributed by atoms with Crippen LogP contribution in [-0.4, -0.2) is 32.5 Å². The lowest BCUT2D eigenvalue weighted by atomic mass is 9.80. The molecule has 0 aliphatic rings. The van der Waals surface area contributed by atoms with Gasteiger partial charge in [0.15, 0.2) is 0 Å². The summed E-state index contributed by atoms with van der Waals surface area (Å²) in [6.07, 6.45) is 1.92. The molecule has 0 aliphatic carbocycles. The van der Waals surface area contributed by atoms with Crippen molar-refractivity contribution in [2.75, 3.05) is 26.4 Å². The third-order valence-corrected chi connectivity index (χ3v) is 6.22. The van der Waals surface area contributed by atoms with Gasteiger partial charge < -0.3 is 14.2 Å². The molecule has 0 amide bonds. The summed E-state index contributed by atoms with van der Waals surface area (Å²) in [4.78, 5) is 0. The molecule has 0 fully saturated rings. The first kappa shape index (κ1) is 27.1. The van der Waals surface area contributed by atoms with Crippen molar-refractivity contribution < 1.29 is 14.2 Å². The molecule has 0 spiro atoms. The van der Waals surface area contributed by atoms with Crippen LogP contribution >= 0.6 is 0 Å². The average Bonchev–Trinajstić information content (AvgIpc) is 2.88. The molecule has 1 atom stereocenters. The molecule has 35 heavy (non-hydrogen) atoms. The summed E-state index contributed by atoms with van der Waals surface area (Å²) in [5, 5.41) is 0. The van der Waals surface area contributed by atoms with E-state index < -0.39 is 5.60 Å². The molecule has 3 rings (SSSR count). The fourth-order valence-electron chi connectivity index (χ4n) is 4.14. The van der Waals surface area contributed by atoms with Crippen molar-refractivity contribution in [3.8, 4) is 0 Å². The van der Waals surface area contributed by atoms with Crippen molar-refractivity contribution in [2.45, 2.75) is 52.2 Å². The zero-order valence-electron chi connectivity index (χ0n) is 21.9. The number of benzene rings is 3. The topological polar surface area (TPSA) is 27.7 Å². The normalized spacial score (nSPS) is 12.9. The Morgan fingerprint density at radius 2 is 1.00 bits per heavy atom. The van der Waals surface area contributed by atoms with Gasteiger partial charge in [-0.1, -0.05) is 119 Å². The van der Waals surface area contributed by atoms with Crippen LogP contribution in [0, 0.1) is 11.8 Å². The van der Waals surface area contributed by atoms with E-state index in [9.17, 15) is 0 Å². The molecule has 0 aromatic heterocycles. The van der Waals surface area contributed by atoms with Gasteiger partial charge in [0.2, 0.25) is 0 Å². The quantitative estimate of drug-likeness (QED) is 0.169. The predicted octanol–water partition coefficient (Wildman–Crippen LogP) is 7.49. The van der Waals surface area contributed by atoms with Gasteiger partial charge in [-0.05, 0) is 41.4 Å². The molecule has 3 nitrogen and oxygen atoms in total. The summed E-state index contributed by atoms with van der Waals surface area (Å²) in [5.41, 5.74) is 2.54. The molecule has 188 valence electrons. The van der Waals surface area contributed by atoms with Crippen molar-refractivity contribution in [3.05, 3.63) is 108 Å². The maximum absolute atomic E-state index is 6.98. The van der Waals surface area contributed by atoms with Crippen molar-refractivity contribution >= 4 is 0 Å². The van der Waals surface area contributed by atoms with E-state index in [4.69, 9.17) is 14.2 Å². The van der Waals surface area contributed by atoms with Gasteiger partial charge in [0.1, 0.15) is 11.7 Å². The fourth-order valence-corrected chi connectivity index (χ4v) is 4.14. The highest BCUT2D eigenvalue weighted by Gasteiger charge is 2.38. The molecule has 0 saturated carbocycles. The third kappa shape index (κ3) is 8.03. The minimum Gasteiger partial charge on any atom is -0.379 e. The van der Waals surface area contributed by atoms with Crippen LogP contribution in [0.15, 0.2) is 91.0 Å². The van der Waals surface area contributed by atoms with Crippen molar-refractivity contribution in [1.82, 2.24) is 0 Å². The van der Waals surface area contributed by atoms with E-state index in [2.05, 4.69) is 100 Å². The van der Waals surface area contributed by atoms with E-state index in [0.29, 0.717) is 31.7 Å². The summed E-state index contributed by atoms with van der Waals surface area (Å²) in [6, 6.07) is 31.5. The van der Waals surface area contributed by atoms with Gasteiger partial charge >= 0.3 is 0 Å². The molecular weight excluding hydrogens is 432 g/mol. The van der Waals surface area contributed by atoms with E-state index in [0.717, 1.165) is 36.1 Å². The van der Waals surface area contributed by atoms with Gasteiger partial charge in [-0.15, -0.1) is 0 Å². The molecule has 0 aliphatic heterocycles. The second-order valence-corrected chi connectivity index (χ2v) is 10.0. The number of hydrogen-bond acceptors (Lipinski definition) is 3. The maximum atomic E-state index is 6.98. The zero-order chi connectivity index (χ0) is 24.9. The second kappa shape index (κ2) is 14.2. The minimum atomic E-state index is -0.749. The molecule has 3 heteroatoms. The highest BCUT2D eigenvalue weighted by atomic mass is 16.6. The van der Waals surface area contributed by atoms with Crippen LogP contribution < -0.4 is 0 Å². The smallest absolute Gasteiger partial charge is 0.143 e. The Bertz CT molecular complexity index is 842. The highest BCUT2D eigenvalue weighted by Crippen LogP contribution is 2.40. The van der Waals surface area contributed by atoms with Crippen LogP contribution in [0.25, 0.3) is 0 Å². The van der Waals surface area contributed by atoms with Gasteiger partial charge in [-0.25, -0.2) is 0 Å².